The van der Waals surface area contributed by atoms with Crippen molar-refractivity contribution in [2.45, 2.75) is 12.3 Å². The Morgan fingerprint density at radius 3 is 2.36 bits per heavy atom. The minimum Gasteiger partial charge on any atom is -0.395 e. The van der Waals surface area contributed by atoms with Gasteiger partial charge in [0.2, 0.25) is 0 Å². The van der Waals surface area contributed by atoms with Crippen LogP contribution in [0.25, 0.3) is 0 Å². The van der Waals surface area contributed by atoms with Gasteiger partial charge in [0.15, 0.2) is 0 Å². The van der Waals surface area contributed by atoms with Crippen molar-refractivity contribution in [2.75, 3.05) is 6.61 Å². The van der Waals surface area contributed by atoms with Gasteiger partial charge in [-0.1, -0.05) is 0 Å². The van der Waals surface area contributed by atoms with Gasteiger partial charge in [-0.2, -0.15) is 0 Å². The molecule has 0 spiro atoms. The molecular formula is C7H12N2O2. The largest absolute Gasteiger partial charge is 0.395 e. The van der Waals surface area contributed by atoms with Crippen molar-refractivity contribution in [1.82, 2.24) is 4.57 Å². The average molecular weight is 156 g/mol. The van der Waals surface area contributed by atoms with Gasteiger partial charge in [0, 0.05) is 12.4 Å². The summed E-state index contributed by atoms with van der Waals surface area (Å²) in [5.41, 5.74) is 5.39. The summed E-state index contributed by atoms with van der Waals surface area (Å²) in [4.78, 5) is 0. The van der Waals surface area contributed by atoms with Crippen LogP contribution in [0.15, 0.2) is 24.5 Å². The predicted molar refractivity (Wildman–Crippen MR) is 40.7 cm³/mol. The molecule has 2 atom stereocenters. The van der Waals surface area contributed by atoms with Gasteiger partial charge < -0.3 is 20.5 Å². The van der Waals surface area contributed by atoms with Gasteiger partial charge in [-0.25, -0.2) is 0 Å². The van der Waals surface area contributed by atoms with Crippen LogP contribution in [-0.2, 0) is 0 Å². The molecule has 2 unspecified atom stereocenters. The second-order valence-corrected chi connectivity index (χ2v) is 2.39. The molecule has 0 radical (unpaired) electrons. The van der Waals surface area contributed by atoms with Crippen molar-refractivity contribution in [2.24, 2.45) is 5.73 Å². The van der Waals surface area contributed by atoms with E-state index in [0.717, 1.165) is 0 Å². The van der Waals surface area contributed by atoms with Crippen molar-refractivity contribution in [3.05, 3.63) is 24.5 Å². The number of aliphatic hydroxyl groups excluding tert-OH is 2. The molecule has 1 rings (SSSR count). The molecule has 0 aliphatic rings. The van der Waals surface area contributed by atoms with Gasteiger partial charge in [-0.05, 0) is 12.1 Å². The van der Waals surface area contributed by atoms with Gasteiger partial charge in [-0.15, -0.1) is 0 Å². The first-order valence-corrected chi connectivity index (χ1v) is 3.42. The van der Waals surface area contributed by atoms with Crippen molar-refractivity contribution >= 4 is 0 Å². The number of rotatable bonds is 3. The molecule has 4 heteroatoms. The molecule has 0 saturated carbocycles. The fourth-order valence-corrected chi connectivity index (χ4v) is 0.840. The maximum Gasteiger partial charge on any atom is 0.147 e. The zero-order chi connectivity index (χ0) is 8.27. The molecule has 4 nitrogen and oxygen atoms in total. The topological polar surface area (TPSA) is 71.4 Å². The van der Waals surface area contributed by atoms with Crippen molar-refractivity contribution < 1.29 is 10.2 Å². The van der Waals surface area contributed by atoms with Crippen LogP contribution in [0.2, 0.25) is 0 Å². The predicted octanol–water partition coefficient (Wildman–Crippen LogP) is -0.701. The third-order valence-corrected chi connectivity index (χ3v) is 1.53. The van der Waals surface area contributed by atoms with E-state index in [1.54, 1.807) is 29.1 Å². The third kappa shape index (κ3) is 1.80. The molecule has 0 fully saturated rings. The number of hydrogen-bond donors (Lipinski definition) is 3. The normalized spacial score (nSPS) is 16.3. The molecule has 0 aliphatic heterocycles. The van der Waals surface area contributed by atoms with Crippen LogP contribution in [0.3, 0.4) is 0 Å². The van der Waals surface area contributed by atoms with E-state index in [0.29, 0.717) is 0 Å². The monoisotopic (exact) mass is 156 g/mol. The average Bonchev–Trinajstić information content (AvgIpc) is 2.53. The van der Waals surface area contributed by atoms with Crippen molar-refractivity contribution in [3.8, 4) is 0 Å². The highest BCUT2D eigenvalue weighted by Gasteiger charge is 2.13. The summed E-state index contributed by atoms with van der Waals surface area (Å²) in [6, 6.07) is 2.95. The van der Waals surface area contributed by atoms with Crippen LogP contribution in [-0.4, -0.2) is 27.4 Å². The summed E-state index contributed by atoms with van der Waals surface area (Å²) >= 11 is 0. The molecule has 1 aromatic rings. The molecule has 0 aromatic carbocycles. The van der Waals surface area contributed by atoms with E-state index in [4.69, 9.17) is 10.8 Å². The summed E-state index contributed by atoms with van der Waals surface area (Å²) < 4.78 is 1.54. The van der Waals surface area contributed by atoms with Crippen LogP contribution >= 0.6 is 0 Å². The fraction of sp³-hybridized carbons (Fsp3) is 0.429. The van der Waals surface area contributed by atoms with E-state index < -0.39 is 12.3 Å². The lowest BCUT2D eigenvalue weighted by atomic mass is 10.3. The zero-order valence-corrected chi connectivity index (χ0v) is 6.09. The molecule has 1 heterocycles. The highest BCUT2D eigenvalue weighted by Crippen LogP contribution is 2.05. The van der Waals surface area contributed by atoms with Gasteiger partial charge in [-0.3, -0.25) is 0 Å². The Bertz CT molecular complexity index is 198. The lowest BCUT2D eigenvalue weighted by Gasteiger charge is -2.17. The van der Waals surface area contributed by atoms with Gasteiger partial charge in [0.1, 0.15) is 6.23 Å². The summed E-state index contributed by atoms with van der Waals surface area (Å²) in [6.07, 6.45) is 2.55. The number of nitrogens with two attached hydrogens (primary N) is 1. The summed E-state index contributed by atoms with van der Waals surface area (Å²) in [5, 5.41) is 18.0. The van der Waals surface area contributed by atoms with Crippen LogP contribution in [0.5, 0.6) is 0 Å². The second-order valence-electron chi connectivity index (χ2n) is 2.39. The van der Waals surface area contributed by atoms with Gasteiger partial charge in [0.05, 0.1) is 12.6 Å². The number of hydrogen-bond acceptors (Lipinski definition) is 3. The van der Waals surface area contributed by atoms with Crippen molar-refractivity contribution in [3.63, 3.8) is 0 Å². The first kappa shape index (κ1) is 8.26. The molecule has 4 N–H and O–H groups in total. The number of aliphatic hydroxyl groups is 2. The van der Waals surface area contributed by atoms with Gasteiger partial charge in [0.25, 0.3) is 0 Å². The minimum absolute atomic E-state index is 0.223. The van der Waals surface area contributed by atoms with Crippen molar-refractivity contribution in [1.29, 1.82) is 0 Å². The Labute approximate surface area is 64.9 Å². The molecule has 11 heavy (non-hydrogen) atoms. The summed E-state index contributed by atoms with van der Waals surface area (Å²) in [7, 11) is 0. The van der Waals surface area contributed by atoms with Crippen LogP contribution < -0.4 is 5.73 Å². The van der Waals surface area contributed by atoms with E-state index in [-0.39, 0.29) is 6.61 Å². The summed E-state index contributed by atoms with van der Waals surface area (Å²) in [6.45, 7) is -0.223. The standard InChI is InChI=1S/C7H12N2O2/c8-6(5-10)7(11)9-3-1-2-4-9/h1-4,6-7,10-11H,5,8H2. The second kappa shape index (κ2) is 3.52. The van der Waals surface area contributed by atoms with Crippen LogP contribution in [0.4, 0.5) is 0 Å². The SMILES string of the molecule is NC(CO)C(O)n1cccc1. The van der Waals surface area contributed by atoms with E-state index >= 15 is 0 Å². The molecule has 1 aromatic heterocycles. The molecule has 0 amide bonds. The number of nitrogens with zero attached hydrogens (tertiary/aromatic N) is 1. The highest BCUT2D eigenvalue weighted by atomic mass is 16.3. The Morgan fingerprint density at radius 1 is 1.36 bits per heavy atom. The Balaban J connectivity index is 2.62. The van der Waals surface area contributed by atoms with E-state index in [1.165, 1.54) is 0 Å². The van der Waals surface area contributed by atoms with E-state index in [9.17, 15) is 5.11 Å². The first-order valence-electron chi connectivity index (χ1n) is 3.42. The Kier molecular flexibility index (Phi) is 2.64. The van der Waals surface area contributed by atoms with E-state index in [2.05, 4.69) is 0 Å². The molecule has 62 valence electrons. The minimum atomic E-state index is -0.838. The lowest BCUT2D eigenvalue weighted by molar-refractivity contribution is 0.0517. The molecule has 0 saturated heterocycles. The smallest absolute Gasteiger partial charge is 0.147 e. The molecule has 0 aliphatic carbocycles. The summed E-state index contributed by atoms with van der Waals surface area (Å²) in [5.74, 6) is 0. The van der Waals surface area contributed by atoms with E-state index in [1.807, 2.05) is 0 Å². The Hall–Kier alpha value is -0.840. The zero-order valence-electron chi connectivity index (χ0n) is 6.09. The van der Waals surface area contributed by atoms with Crippen LogP contribution in [0.1, 0.15) is 6.23 Å². The fourth-order valence-electron chi connectivity index (χ4n) is 0.840. The molecular weight excluding hydrogens is 144 g/mol. The maximum atomic E-state index is 9.36. The Morgan fingerprint density at radius 2 is 1.91 bits per heavy atom. The first-order chi connectivity index (χ1) is 5.25. The van der Waals surface area contributed by atoms with Gasteiger partial charge >= 0.3 is 0 Å². The lowest BCUT2D eigenvalue weighted by Crippen LogP contribution is -2.34. The maximum absolute atomic E-state index is 9.36. The highest BCUT2D eigenvalue weighted by molar-refractivity contribution is 4.92. The number of aromatic nitrogens is 1. The molecule has 0 bridgehead atoms. The third-order valence-electron chi connectivity index (χ3n) is 1.53. The quantitative estimate of drug-likeness (QED) is 0.542. The van der Waals surface area contributed by atoms with Crippen LogP contribution in [0, 0.1) is 0 Å².